The third kappa shape index (κ3) is 5.05. The second-order valence-corrected chi connectivity index (χ2v) is 8.77. The van der Waals surface area contributed by atoms with Gasteiger partial charge in [0.1, 0.15) is 5.76 Å². The molecule has 1 heterocycles. The molecular formula is C24H34O6. The van der Waals surface area contributed by atoms with Crippen molar-refractivity contribution >= 4 is 5.78 Å². The average molecular weight is 419 g/mol. The Bertz CT molecular complexity index is 749. The zero-order chi connectivity index (χ0) is 21.8. The molecule has 1 saturated heterocycles. The van der Waals surface area contributed by atoms with E-state index < -0.39 is 12.4 Å². The van der Waals surface area contributed by atoms with E-state index in [0.717, 1.165) is 18.4 Å². The lowest BCUT2D eigenvalue weighted by atomic mass is 9.70. The van der Waals surface area contributed by atoms with E-state index in [1.807, 2.05) is 12.2 Å². The summed E-state index contributed by atoms with van der Waals surface area (Å²) in [5.74, 6) is 0.528. The van der Waals surface area contributed by atoms with E-state index in [4.69, 9.17) is 9.47 Å². The van der Waals surface area contributed by atoms with Crippen molar-refractivity contribution in [2.24, 2.45) is 23.7 Å². The van der Waals surface area contributed by atoms with Gasteiger partial charge in [-0.25, -0.2) is 0 Å². The Morgan fingerprint density at radius 1 is 1.23 bits per heavy atom. The largest absolute Gasteiger partial charge is 0.504 e. The summed E-state index contributed by atoms with van der Waals surface area (Å²) < 4.78 is 11.1. The second-order valence-electron chi connectivity index (χ2n) is 8.77. The summed E-state index contributed by atoms with van der Waals surface area (Å²) in [6, 6.07) is 0. The van der Waals surface area contributed by atoms with E-state index in [1.165, 1.54) is 7.11 Å². The molecule has 3 N–H and O–H groups in total. The van der Waals surface area contributed by atoms with Crippen molar-refractivity contribution in [1.82, 2.24) is 0 Å². The summed E-state index contributed by atoms with van der Waals surface area (Å²) >= 11 is 0. The van der Waals surface area contributed by atoms with Gasteiger partial charge in [-0.05, 0) is 67.9 Å². The van der Waals surface area contributed by atoms with Gasteiger partial charge in [0, 0.05) is 12.3 Å². The second kappa shape index (κ2) is 9.94. The van der Waals surface area contributed by atoms with E-state index in [1.54, 1.807) is 6.92 Å². The van der Waals surface area contributed by atoms with E-state index in [9.17, 15) is 20.1 Å². The Balaban J connectivity index is 1.71. The Morgan fingerprint density at radius 2 is 1.97 bits per heavy atom. The minimum Gasteiger partial charge on any atom is -0.504 e. The summed E-state index contributed by atoms with van der Waals surface area (Å²) in [6.07, 6.45) is 8.39. The molecule has 0 radical (unpaired) electrons. The molecule has 30 heavy (non-hydrogen) atoms. The lowest BCUT2D eigenvalue weighted by molar-refractivity contribution is -0.188. The summed E-state index contributed by atoms with van der Waals surface area (Å²) in [7, 11) is 1.53. The first-order valence-corrected chi connectivity index (χ1v) is 10.8. The number of hydrogen-bond acceptors (Lipinski definition) is 6. The zero-order valence-electron chi connectivity index (χ0n) is 17.9. The zero-order valence-corrected chi connectivity index (χ0v) is 17.9. The quantitative estimate of drug-likeness (QED) is 0.332. The van der Waals surface area contributed by atoms with Crippen LogP contribution in [0.5, 0.6) is 0 Å². The van der Waals surface area contributed by atoms with Crippen LogP contribution in [0, 0.1) is 23.7 Å². The van der Waals surface area contributed by atoms with Crippen molar-refractivity contribution in [2.75, 3.05) is 13.7 Å². The third-order valence-corrected chi connectivity index (χ3v) is 6.83. The molecule has 3 aliphatic rings. The van der Waals surface area contributed by atoms with Crippen molar-refractivity contribution in [2.45, 2.75) is 57.8 Å². The van der Waals surface area contributed by atoms with Gasteiger partial charge in [0.05, 0.1) is 19.8 Å². The van der Waals surface area contributed by atoms with Crippen LogP contribution < -0.4 is 0 Å². The van der Waals surface area contributed by atoms with Crippen LogP contribution in [0.2, 0.25) is 0 Å². The van der Waals surface area contributed by atoms with E-state index in [2.05, 4.69) is 12.7 Å². The van der Waals surface area contributed by atoms with Crippen LogP contribution in [0.3, 0.4) is 0 Å². The van der Waals surface area contributed by atoms with Gasteiger partial charge in [0.25, 0.3) is 0 Å². The van der Waals surface area contributed by atoms with Gasteiger partial charge in [-0.15, -0.1) is 0 Å². The molecule has 3 rings (SSSR count). The molecule has 6 atom stereocenters. The van der Waals surface area contributed by atoms with E-state index in [0.29, 0.717) is 43.6 Å². The minimum absolute atomic E-state index is 0.0359. The number of aliphatic hydroxyl groups is 3. The lowest BCUT2D eigenvalue weighted by Gasteiger charge is -2.42. The van der Waals surface area contributed by atoms with Gasteiger partial charge in [-0.3, -0.25) is 4.79 Å². The van der Waals surface area contributed by atoms with Crippen LogP contribution in [0.4, 0.5) is 0 Å². The van der Waals surface area contributed by atoms with Crippen molar-refractivity contribution in [1.29, 1.82) is 0 Å². The van der Waals surface area contributed by atoms with Crippen LogP contribution in [0.25, 0.3) is 0 Å². The summed E-state index contributed by atoms with van der Waals surface area (Å²) in [5, 5.41) is 31.3. The van der Waals surface area contributed by atoms with E-state index >= 15 is 0 Å². The first kappa shape index (κ1) is 22.8. The summed E-state index contributed by atoms with van der Waals surface area (Å²) in [6.45, 7) is 5.94. The molecule has 2 aliphatic carbocycles. The van der Waals surface area contributed by atoms with Crippen molar-refractivity contribution in [3.63, 3.8) is 0 Å². The highest BCUT2D eigenvalue weighted by Gasteiger charge is 2.41. The standard InChI is InChI=1S/C24H34O6/c1-14(10-17-6-4-5-7-21(17)26)23(27)22(29-3)12-18-13-30-24(28)20-11-16(15(2)25)8-9-19(18)20/h4-5,11,17-21,24,26-28H,1,6-10,12-13H2,2-3H3/b23-22-/t17-,18+,19?,20+,21-,24?/m0/s1. The predicted molar refractivity (Wildman–Crippen MR) is 113 cm³/mol. The topological polar surface area (TPSA) is 96.2 Å². The van der Waals surface area contributed by atoms with Gasteiger partial charge in [0.2, 0.25) is 0 Å². The number of ketones is 1. The fraction of sp³-hybridized carbons (Fsp3) is 0.625. The number of carbonyl (C=O) groups is 1. The molecule has 0 aromatic rings. The molecule has 6 heteroatoms. The molecule has 1 fully saturated rings. The van der Waals surface area contributed by atoms with Gasteiger partial charge in [0.15, 0.2) is 17.8 Å². The molecule has 0 saturated carbocycles. The fourth-order valence-electron chi connectivity index (χ4n) is 4.96. The Labute approximate surface area is 178 Å². The average Bonchev–Trinajstić information content (AvgIpc) is 2.74. The highest BCUT2D eigenvalue weighted by Crippen LogP contribution is 2.43. The molecule has 0 spiro atoms. The minimum atomic E-state index is -0.916. The molecule has 6 nitrogen and oxygen atoms in total. The first-order valence-electron chi connectivity index (χ1n) is 10.8. The number of carbonyl (C=O) groups excluding carboxylic acids is 1. The SMILES string of the molecule is C=C(C[C@@H]1CC=CC[C@@H]1O)/C(O)=C(\C[C@@H]1COC(O)[C@@H]2C=C(C(C)=O)CCC12)OC. The van der Waals surface area contributed by atoms with Gasteiger partial charge in [-0.1, -0.05) is 24.8 Å². The molecule has 2 unspecified atom stereocenters. The molecule has 0 bridgehead atoms. The smallest absolute Gasteiger partial charge is 0.161 e. The number of hydrogen-bond donors (Lipinski definition) is 3. The molecule has 0 aromatic heterocycles. The van der Waals surface area contributed by atoms with Crippen LogP contribution in [-0.2, 0) is 14.3 Å². The van der Waals surface area contributed by atoms with Gasteiger partial charge >= 0.3 is 0 Å². The molecule has 166 valence electrons. The fourth-order valence-corrected chi connectivity index (χ4v) is 4.96. The Kier molecular flexibility index (Phi) is 7.55. The maximum atomic E-state index is 11.8. The van der Waals surface area contributed by atoms with Crippen LogP contribution in [0.1, 0.15) is 45.4 Å². The van der Waals surface area contributed by atoms with E-state index in [-0.39, 0.29) is 35.2 Å². The number of allylic oxidation sites excluding steroid dienone is 4. The van der Waals surface area contributed by atoms with Crippen molar-refractivity contribution < 1.29 is 29.6 Å². The van der Waals surface area contributed by atoms with Gasteiger partial charge < -0.3 is 24.8 Å². The Morgan fingerprint density at radius 3 is 2.63 bits per heavy atom. The van der Waals surface area contributed by atoms with Crippen LogP contribution >= 0.6 is 0 Å². The Hall–Kier alpha value is -1.89. The number of aliphatic hydroxyl groups excluding tert-OH is 3. The highest BCUT2D eigenvalue weighted by molar-refractivity contribution is 5.93. The number of ether oxygens (including phenoxy) is 2. The third-order valence-electron chi connectivity index (χ3n) is 6.83. The normalized spacial score (nSPS) is 34.5. The molecule has 0 aromatic carbocycles. The lowest BCUT2D eigenvalue weighted by Crippen LogP contribution is -2.43. The molecule has 1 aliphatic heterocycles. The highest BCUT2D eigenvalue weighted by atomic mass is 16.6. The van der Waals surface area contributed by atoms with Gasteiger partial charge in [-0.2, -0.15) is 0 Å². The first-order chi connectivity index (χ1) is 14.3. The van der Waals surface area contributed by atoms with Crippen molar-refractivity contribution in [3.8, 4) is 0 Å². The van der Waals surface area contributed by atoms with Crippen LogP contribution in [0.15, 0.2) is 47.5 Å². The summed E-state index contributed by atoms with van der Waals surface area (Å²) in [4.78, 5) is 11.8. The van der Waals surface area contributed by atoms with Crippen LogP contribution in [-0.4, -0.2) is 47.2 Å². The maximum Gasteiger partial charge on any atom is 0.161 e. The number of Topliss-reactive ketones (excluding diaryl/α,β-unsaturated/α-hetero) is 1. The van der Waals surface area contributed by atoms with Crippen molar-refractivity contribution in [3.05, 3.63) is 47.5 Å². The number of methoxy groups -OCH3 is 1. The monoisotopic (exact) mass is 418 g/mol. The maximum absolute atomic E-state index is 11.8. The molecular weight excluding hydrogens is 384 g/mol. The predicted octanol–water partition coefficient (Wildman–Crippen LogP) is 3.57. The summed E-state index contributed by atoms with van der Waals surface area (Å²) in [5.41, 5.74) is 1.31. The molecule has 0 amide bonds. The number of rotatable bonds is 7. The number of fused-ring (bicyclic) bond motifs is 1.